The number of rotatable bonds is 5. The average molecular weight is 338 g/mol. The van der Waals surface area contributed by atoms with Crippen LogP contribution in [0.2, 0.25) is 0 Å². The van der Waals surface area contributed by atoms with Gasteiger partial charge in [0, 0.05) is 18.4 Å². The highest BCUT2D eigenvalue weighted by Crippen LogP contribution is 2.26. The quantitative estimate of drug-likeness (QED) is 0.669. The minimum Gasteiger partial charge on any atom is -0.315 e. The summed E-state index contributed by atoms with van der Waals surface area (Å²) >= 11 is 1.40. The van der Waals surface area contributed by atoms with Crippen LogP contribution in [0.3, 0.4) is 0 Å². The lowest BCUT2D eigenvalue weighted by Gasteiger charge is -2.21. The standard InChI is InChI=1S/C18H18N4OS/c1-14(17(23)21(2)15-9-5-3-6-10-15)24-18-20-19-13-22(18)16-11-7-4-8-12-16/h3-14H,1-2H3/t14-/m0/s1. The summed E-state index contributed by atoms with van der Waals surface area (Å²) in [6.07, 6.45) is 1.66. The number of benzene rings is 2. The number of nitrogens with zero attached hydrogens (tertiary/aromatic N) is 4. The van der Waals surface area contributed by atoms with Crippen LogP contribution in [0.25, 0.3) is 5.69 Å². The van der Waals surface area contributed by atoms with Crippen LogP contribution in [0.5, 0.6) is 0 Å². The van der Waals surface area contributed by atoms with Crippen LogP contribution in [0.4, 0.5) is 5.69 Å². The SMILES string of the molecule is C[C@H](Sc1nncn1-c1ccccc1)C(=O)N(C)c1ccccc1. The van der Waals surface area contributed by atoms with Crippen molar-refractivity contribution in [2.24, 2.45) is 0 Å². The molecular weight excluding hydrogens is 320 g/mol. The number of amides is 1. The number of hydrogen-bond acceptors (Lipinski definition) is 4. The fraction of sp³-hybridized carbons (Fsp3) is 0.167. The fourth-order valence-corrected chi connectivity index (χ4v) is 3.27. The van der Waals surface area contributed by atoms with Crippen molar-refractivity contribution in [1.29, 1.82) is 0 Å². The maximum atomic E-state index is 12.7. The maximum Gasteiger partial charge on any atom is 0.240 e. The van der Waals surface area contributed by atoms with Gasteiger partial charge in [0.1, 0.15) is 6.33 Å². The Kier molecular flexibility index (Phi) is 4.96. The number of carbonyl (C=O) groups excluding carboxylic acids is 1. The van der Waals surface area contributed by atoms with Gasteiger partial charge in [0.25, 0.3) is 0 Å². The molecule has 0 aliphatic rings. The van der Waals surface area contributed by atoms with E-state index in [1.165, 1.54) is 11.8 Å². The van der Waals surface area contributed by atoms with Crippen LogP contribution >= 0.6 is 11.8 Å². The molecule has 122 valence electrons. The van der Waals surface area contributed by atoms with Gasteiger partial charge in [-0.2, -0.15) is 0 Å². The smallest absolute Gasteiger partial charge is 0.240 e. The monoisotopic (exact) mass is 338 g/mol. The highest BCUT2D eigenvalue weighted by Gasteiger charge is 2.22. The molecule has 0 bridgehead atoms. The molecule has 1 atom stereocenters. The van der Waals surface area contributed by atoms with Crippen LogP contribution in [0.15, 0.2) is 72.1 Å². The molecule has 5 nitrogen and oxygen atoms in total. The summed E-state index contributed by atoms with van der Waals surface area (Å²) in [6.45, 7) is 1.89. The molecule has 3 rings (SSSR count). The first kappa shape index (κ1) is 16.3. The number of aromatic nitrogens is 3. The topological polar surface area (TPSA) is 51.0 Å². The van der Waals surface area contributed by atoms with Crippen LogP contribution < -0.4 is 4.90 Å². The molecule has 0 fully saturated rings. The molecule has 1 amide bonds. The molecule has 1 heterocycles. The van der Waals surface area contributed by atoms with Gasteiger partial charge < -0.3 is 4.90 Å². The molecule has 0 N–H and O–H groups in total. The van der Waals surface area contributed by atoms with Crippen molar-refractivity contribution in [3.8, 4) is 5.69 Å². The van der Waals surface area contributed by atoms with Crippen LogP contribution in [0.1, 0.15) is 6.92 Å². The summed E-state index contributed by atoms with van der Waals surface area (Å²) < 4.78 is 1.89. The first-order valence-corrected chi connectivity index (χ1v) is 8.49. The second kappa shape index (κ2) is 7.31. The molecule has 0 unspecified atom stereocenters. The molecule has 0 spiro atoms. The van der Waals surface area contributed by atoms with Crippen molar-refractivity contribution in [2.45, 2.75) is 17.3 Å². The Balaban J connectivity index is 1.75. The zero-order valence-electron chi connectivity index (χ0n) is 13.5. The molecule has 2 aromatic carbocycles. The van der Waals surface area contributed by atoms with Crippen LogP contribution in [0, 0.1) is 0 Å². The van der Waals surface area contributed by atoms with Crippen molar-refractivity contribution in [3.05, 3.63) is 67.0 Å². The predicted molar refractivity (Wildman–Crippen MR) is 96.5 cm³/mol. The Morgan fingerprint density at radius 3 is 2.38 bits per heavy atom. The minimum absolute atomic E-state index is 0.0220. The molecule has 0 saturated heterocycles. The Bertz CT molecular complexity index is 804. The summed E-state index contributed by atoms with van der Waals surface area (Å²) in [5.74, 6) is 0.0220. The van der Waals surface area contributed by atoms with Gasteiger partial charge in [-0.05, 0) is 31.2 Å². The van der Waals surface area contributed by atoms with Crippen molar-refractivity contribution < 1.29 is 4.79 Å². The summed E-state index contributed by atoms with van der Waals surface area (Å²) in [7, 11) is 1.79. The highest BCUT2D eigenvalue weighted by atomic mass is 32.2. The fourth-order valence-electron chi connectivity index (χ4n) is 2.33. The van der Waals surface area contributed by atoms with Gasteiger partial charge in [-0.15, -0.1) is 10.2 Å². The Morgan fingerprint density at radius 1 is 1.08 bits per heavy atom. The van der Waals surface area contributed by atoms with Gasteiger partial charge in [0.15, 0.2) is 5.16 Å². The van der Waals surface area contributed by atoms with Crippen molar-refractivity contribution in [3.63, 3.8) is 0 Å². The molecule has 1 aromatic heterocycles. The largest absolute Gasteiger partial charge is 0.315 e. The second-order valence-corrected chi connectivity index (χ2v) is 6.62. The zero-order valence-corrected chi connectivity index (χ0v) is 14.4. The van der Waals surface area contributed by atoms with E-state index >= 15 is 0 Å². The van der Waals surface area contributed by atoms with E-state index in [0.717, 1.165) is 11.4 Å². The zero-order chi connectivity index (χ0) is 16.9. The maximum absolute atomic E-state index is 12.7. The summed E-state index contributed by atoms with van der Waals surface area (Å²) in [5.41, 5.74) is 1.85. The third-order valence-electron chi connectivity index (χ3n) is 3.65. The summed E-state index contributed by atoms with van der Waals surface area (Å²) in [5, 5.41) is 8.56. The van der Waals surface area contributed by atoms with Gasteiger partial charge in [-0.25, -0.2) is 0 Å². The van der Waals surface area contributed by atoms with Gasteiger partial charge in [0.05, 0.1) is 5.25 Å². The summed E-state index contributed by atoms with van der Waals surface area (Å²) in [4.78, 5) is 14.3. The van der Waals surface area contributed by atoms with E-state index in [9.17, 15) is 4.79 Å². The number of para-hydroxylation sites is 2. The minimum atomic E-state index is -0.276. The molecule has 0 aliphatic carbocycles. The lowest BCUT2D eigenvalue weighted by Crippen LogP contribution is -2.33. The van der Waals surface area contributed by atoms with E-state index in [1.807, 2.05) is 72.2 Å². The lowest BCUT2D eigenvalue weighted by molar-refractivity contribution is -0.117. The van der Waals surface area contributed by atoms with Gasteiger partial charge in [-0.1, -0.05) is 48.2 Å². The first-order valence-electron chi connectivity index (χ1n) is 7.61. The van der Waals surface area contributed by atoms with Gasteiger partial charge in [-0.3, -0.25) is 9.36 Å². The molecule has 3 aromatic rings. The number of carbonyl (C=O) groups is 1. The predicted octanol–water partition coefficient (Wildman–Crippen LogP) is 3.41. The normalized spacial score (nSPS) is 11.9. The second-order valence-electron chi connectivity index (χ2n) is 5.31. The van der Waals surface area contributed by atoms with E-state index in [0.29, 0.717) is 5.16 Å². The Morgan fingerprint density at radius 2 is 1.71 bits per heavy atom. The summed E-state index contributed by atoms with van der Waals surface area (Å²) in [6, 6.07) is 19.5. The van der Waals surface area contributed by atoms with Crippen molar-refractivity contribution >= 4 is 23.4 Å². The first-order chi connectivity index (χ1) is 11.7. The van der Waals surface area contributed by atoms with Gasteiger partial charge in [0.2, 0.25) is 5.91 Å². The number of anilines is 1. The van der Waals surface area contributed by atoms with E-state index in [1.54, 1.807) is 18.3 Å². The number of thioether (sulfide) groups is 1. The Labute approximate surface area is 145 Å². The van der Waals surface area contributed by atoms with E-state index in [4.69, 9.17) is 0 Å². The van der Waals surface area contributed by atoms with E-state index in [-0.39, 0.29) is 11.2 Å². The van der Waals surface area contributed by atoms with Crippen LogP contribution in [-0.2, 0) is 4.79 Å². The van der Waals surface area contributed by atoms with E-state index in [2.05, 4.69) is 10.2 Å². The Hall–Kier alpha value is -2.60. The number of hydrogen-bond donors (Lipinski definition) is 0. The molecule has 0 saturated carbocycles. The van der Waals surface area contributed by atoms with Gasteiger partial charge >= 0.3 is 0 Å². The van der Waals surface area contributed by atoms with E-state index < -0.39 is 0 Å². The van der Waals surface area contributed by atoms with Crippen LogP contribution in [-0.4, -0.2) is 33.0 Å². The lowest BCUT2D eigenvalue weighted by atomic mass is 10.3. The third kappa shape index (κ3) is 3.49. The van der Waals surface area contributed by atoms with Crippen molar-refractivity contribution in [2.75, 3.05) is 11.9 Å². The molecule has 0 radical (unpaired) electrons. The molecule has 0 aliphatic heterocycles. The molecule has 6 heteroatoms. The van der Waals surface area contributed by atoms with Crippen molar-refractivity contribution in [1.82, 2.24) is 14.8 Å². The molecular formula is C18H18N4OS. The molecule has 24 heavy (non-hydrogen) atoms. The third-order valence-corrected chi connectivity index (χ3v) is 4.70. The average Bonchev–Trinajstić information content (AvgIpc) is 3.10. The highest BCUT2D eigenvalue weighted by molar-refractivity contribution is 8.00.